The second-order valence-corrected chi connectivity index (χ2v) is 7.57. The summed E-state index contributed by atoms with van der Waals surface area (Å²) in [5.74, 6) is 2.54. The highest BCUT2D eigenvalue weighted by atomic mass is 16.7. The fraction of sp³-hybridized carbons (Fsp3) is 0.167. The van der Waals surface area contributed by atoms with E-state index < -0.39 is 0 Å². The molecule has 5 rings (SSSR count). The Kier molecular flexibility index (Phi) is 5.14. The van der Waals surface area contributed by atoms with Gasteiger partial charge in [0, 0.05) is 23.0 Å². The second kappa shape index (κ2) is 8.27. The number of benzene rings is 2. The van der Waals surface area contributed by atoms with Crippen molar-refractivity contribution in [2.45, 2.75) is 20.8 Å². The monoisotopic (exact) mass is 443 g/mol. The number of nitrogens with one attached hydrogen (secondary N) is 1. The molecule has 33 heavy (non-hydrogen) atoms. The van der Waals surface area contributed by atoms with E-state index in [0.717, 1.165) is 17.0 Å². The van der Waals surface area contributed by atoms with Gasteiger partial charge in [0.25, 0.3) is 5.91 Å². The van der Waals surface area contributed by atoms with Crippen molar-refractivity contribution in [1.82, 2.24) is 19.7 Å². The summed E-state index contributed by atoms with van der Waals surface area (Å²) < 4.78 is 18.3. The van der Waals surface area contributed by atoms with Crippen LogP contribution in [0.5, 0.6) is 23.1 Å². The standard InChI is InChI=1S/C24H21N5O4/c1-14-15(2)28-29(16(14)3)22-11-23(26-12-25-22)33-19-7-5-18(6-8-19)27-24(30)17-4-9-20-21(10-17)32-13-31-20/h4-12H,13H2,1-3H3,(H,27,30). The Morgan fingerprint density at radius 2 is 1.79 bits per heavy atom. The quantitative estimate of drug-likeness (QED) is 0.489. The molecule has 0 unspecified atom stereocenters. The molecular weight excluding hydrogens is 422 g/mol. The average Bonchev–Trinajstić information content (AvgIpc) is 3.40. The van der Waals surface area contributed by atoms with Gasteiger partial charge in [0.05, 0.1) is 5.69 Å². The third-order valence-electron chi connectivity index (χ3n) is 5.47. The first-order valence-electron chi connectivity index (χ1n) is 10.3. The minimum Gasteiger partial charge on any atom is -0.454 e. The summed E-state index contributed by atoms with van der Waals surface area (Å²) in [6.45, 7) is 6.15. The fourth-order valence-corrected chi connectivity index (χ4v) is 3.41. The Morgan fingerprint density at radius 1 is 1.00 bits per heavy atom. The van der Waals surface area contributed by atoms with Crippen LogP contribution < -0.4 is 19.5 Å². The average molecular weight is 443 g/mol. The molecule has 0 aliphatic carbocycles. The summed E-state index contributed by atoms with van der Waals surface area (Å²) in [6.07, 6.45) is 1.44. The largest absolute Gasteiger partial charge is 0.454 e. The Labute approximate surface area is 190 Å². The maximum absolute atomic E-state index is 12.6. The lowest BCUT2D eigenvalue weighted by atomic mass is 10.2. The van der Waals surface area contributed by atoms with E-state index in [1.165, 1.54) is 6.33 Å². The lowest BCUT2D eigenvalue weighted by Gasteiger charge is -2.09. The summed E-state index contributed by atoms with van der Waals surface area (Å²) in [5.41, 5.74) is 4.19. The van der Waals surface area contributed by atoms with E-state index in [1.807, 2.05) is 20.8 Å². The molecule has 166 valence electrons. The third kappa shape index (κ3) is 4.08. The van der Waals surface area contributed by atoms with Crippen molar-refractivity contribution < 1.29 is 19.0 Å². The van der Waals surface area contributed by atoms with Gasteiger partial charge in [0.15, 0.2) is 17.3 Å². The molecule has 2 aromatic carbocycles. The lowest BCUT2D eigenvalue weighted by Crippen LogP contribution is -2.11. The topological polar surface area (TPSA) is 100 Å². The molecule has 1 N–H and O–H groups in total. The molecule has 4 aromatic rings. The van der Waals surface area contributed by atoms with E-state index in [2.05, 4.69) is 20.4 Å². The first-order chi connectivity index (χ1) is 16.0. The molecular formula is C24H21N5O4. The van der Waals surface area contributed by atoms with Gasteiger partial charge in [-0.15, -0.1) is 0 Å². The molecule has 1 aliphatic heterocycles. The molecule has 3 heterocycles. The van der Waals surface area contributed by atoms with Crippen LogP contribution in [-0.4, -0.2) is 32.4 Å². The van der Waals surface area contributed by atoms with Crippen LogP contribution in [-0.2, 0) is 0 Å². The van der Waals surface area contributed by atoms with E-state index in [-0.39, 0.29) is 12.7 Å². The van der Waals surface area contributed by atoms with Gasteiger partial charge in [0.1, 0.15) is 12.1 Å². The van der Waals surface area contributed by atoms with Crippen LogP contribution in [0.2, 0.25) is 0 Å². The lowest BCUT2D eigenvalue weighted by molar-refractivity contribution is 0.102. The van der Waals surface area contributed by atoms with Crippen LogP contribution in [0.25, 0.3) is 5.82 Å². The van der Waals surface area contributed by atoms with E-state index in [0.29, 0.717) is 40.2 Å². The molecule has 1 amide bonds. The van der Waals surface area contributed by atoms with Gasteiger partial charge >= 0.3 is 0 Å². The number of fused-ring (bicyclic) bond motifs is 1. The number of hydrogen-bond donors (Lipinski definition) is 1. The molecule has 0 radical (unpaired) electrons. The maximum Gasteiger partial charge on any atom is 0.255 e. The highest BCUT2D eigenvalue weighted by molar-refractivity contribution is 6.04. The minimum atomic E-state index is -0.248. The summed E-state index contributed by atoms with van der Waals surface area (Å²) in [5, 5.41) is 7.38. The van der Waals surface area contributed by atoms with Gasteiger partial charge in [-0.3, -0.25) is 4.79 Å². The summed E-state index contributed by atoms with van der Waals surface area (Å²) in [6, 6.07) is 13.8. The van der Waals surface area contributed by atoms with Gasteiger partial charge in [-0.25, -0.2) is 14.6 Å². The number of aryl methyl sites for hydroxylation is 1. The Bertz CT molecular complexity index is 1350. The third-order valence-corrected chi connectivity index (χ3v) is 5.47. The minimum absolute atomic E-state index is 0.163. The molecule has 2 aromatic heterocycles. The second-order valence-electron chi connectivity index (χ2n) is 7.57. The number of hydrogen-bond acceptors (Lipinski definition) is 7. The van der Waals surface area contributed by atoms with Crippen LogP contribution in [0.3, 0.4) is 0 Å². The van der Waals surface area contributed by atoms with Crippen molar-refractivity contribution in [2.75, 3.05) is 12.1 Å². The van der Waals surface area contributed by atoms with Crippen LogP contribution in [0, 0.1) is 20.8 Å². The Hall–Kier alpha value is -4.40. The zero-order chi connectivity index (χ0) is 22.9. The van der Waals surface area contributed by atoms with E-state index in [1.54, 1.807) is 53.2 Å². The predicted octanol–water partition coefficient (Wildman–Crippen LogP) is 4.36. The Morgan fingerprint density at radius 3 is 2.55 bits per heavy atom. The number of aromatic nitrogens is 4. The normalized spacial score (nSPS) is 12.0. The van der Waals surface area contributed by atoms with Gasteiger partial charge in [-0.2, -0.15) is 5.10 Å². The van der Waals surface area contributed by atoms with Crippen molar-refractivity contribution in [3.63, 3.8) is 0 Å². The van der Waals surface area contributed by atoms with Crippen LogP contribution in [0.4, 0.5) is 5.69 Å². The van der Waals surface area contributed by atoms with Crippen LogP contribution in [0.1, 0.15) is 27.3 Å². The SMILES string of the molecule is Cc1nn(-c2cc(Oc3ccc(NC(=O)c4ccc5c(c4)OCO5)cc3)ncn2)c(C)c1C. The summed E-state index contributed by atoms with van der Waals surface area (Å²) in [4.78, 5) is 21.1. The Balaban J connectivity index is 1.27. The van der Waals surface area contributed by atoms with Crippen molar-refractivity contribution >= 4 is 11.6 Å². The smallest absolute Gasteiger partial charge is 0.255 e. The van der Waals surface area contributed by atoms with Gasteiger partial charge in [0.2, 0.25) is 12.7 Å². The maximum atomic E-state index is 12.6. The molecule has 0 saturated carbocycles. The van der Waals surface area contributed by atoms with E-state index in [9.17, 15) is 4.79 Å². The molecule has 0 bridgehead atoms. The first-order valence-corrected chi connectivity index (χ1v) is 10.3. The molecule has 0 spiro atoms. The van der Waals surface area contributed by atoms with Crippen LogP contribution in [0.15, 0.2) is 54.9 Å². The van der Waals surface area contributed by atoms with Crippen molar-refractivity contribution in [1.29, 1.82) is 0 Å². The molecule has 0 fully saturated rings. The molecule has 1 aliphatic rings. The highest BCUT2D eigenvalue weighted by Crippen LogP contribution is 2.32. The molecule has 0 saturated heterocycles. The summed E-state index contributed by atoms with van der Waals surface area (Å²) >= 11 is 0. The number of carbonyl (C=O) groups is 1. The number of rotatable bonds is 5. The zero-order valence-corrected chi connectivity index (χ0v) is 18.3. The molecule has 0 atom stereocenters. The number of anilines is 1. The fourth-order valence-electron chi connectivity index (χ4n) is 3.41. The van der Waals surface area contributed by atoms with E-state index in [4.69, 9.17) is 14.2 Å². The molecule has 9 nitrogen and oxygen atoms in total. The molecule has 9 heteroatoms. The number of carbonyl (C=O) groups excluding carboxylic acids is 1. The van der Waals surface area contributed by atoms with E-state index >= 15 is 0 Å². The van der Waals surface area contributed by atoms with Crippen molar-refractivity contribution in [2.24, 2.45) is 0 Å². The number of ether oxygens (including phenoxy) is 3. The van der Waals surface area contributed by atoms with Crippen molar-refractivity contribution in [3.8, 4) is 28.9 Å². The summed E-state index contributed by atoms with van der Waals surface area (Å²) in [7, 11) is 0. The zero-order valence-electron chi connectivity index (χ0n) is 18.3. The highest BCUT2D eigenvalue weighted by Gasteiger charge is 2.16. The van der Waals surface area contributed by atoms with Gasteiger partial charge in [-0.05, 0) is 68.8 Å². The first kappa shape index (κ1) is 20.5. The number of nitrogens with zero attached hydrogens (tertiary/aromatic N) is 4. The van der Waals surface area contributed by atoms with Crippen LogP contribution >= 0.6 is 0 Å². The number of amides is 1. The van der Waals surface area contributed by atoms with Gasteiger partial charge in [-0.1, -0.05) is 0 Å². The van der Waals surface area contributed by atoms with Gasteiger partial charge < -0.3 is 19.5 Å². The van der Waals surface area contributed by atoms with Crippen molar-refractivity contribution in [3.05, 3.63) is 77.4 Å². The predicted molar refractivity (Wildman–Crippen MR) is 120 cm³/mol.